The van der Waals surface area contributed by atoms with Crippen molar-refractivity contribution in [2.24, 2.45) is 7.05 Å². The summed E-state index contributed by atoms with van der Waals surface area (Å²) in [7, 11) is 5.19. The molecule has 0 fully saturated rings. The SMILES string of the molecule is CC.CNc1ncnc2c1c(OC)nn2C. The fourth-order valence-electron chi connectivity index (χ4n) is 1.38. The van der Waals surface area contributed by atoms with Crippen molar-refractivity contribution >= 4 is 16.9 Å². The van der Waals surface area contributed by atoms with E-state index in [1.807, 2.05) is 20.9 Å². The molecular weight excluding hydrogens is 206 g/mol. The van der Waals surface area contributed by atoms with Crippen molar-refractivity contribution < 1.29 is 4.74 Å². The highest BCUT2D eigenvalue weighted by Crippen LogP contribution is 2.27. The van der Waals surface area contributed by atoms with Crippen LogP contribution in [0.2, 0.25) is 0 Å². The second kappa shape index (κ2) is 5.29. The molecule has 0 saturated heterocycles. The second-order valence-electron chi connectivity index (χ2n) is 2.80. The standard InChI is InChI=1S/C8H11N5O.C2H6/c1-9-6-5-7(11-4-10-6)13(2)12-8(5)14-3;1-2/h4H,1-3H3,(H,9,10,11);1-2H3. The summed E-state index contributed by atoms with van der Waals surface area (Å²) in [5, 5.41) is 7.95. The smallest absolute Gasteiger partial charge is 0.246 e. The van der Waals surface area contributed by atoms with Gasteiger partial charge in [-0.15, -0.1) is 5.10 Å². The van der Waals surface area contributed by atoms with Crippen molar-refractivity contribution in [1.29, 1.82) is 0 Å². The van der Waals surface area contributed by atoms with Crippen LogP contribution in [0.15, 0.2) is 6.33 Å². The average molecular weight is 223 g/mol. The lowest BCUT2D eigenvalue weighted by molar-refractivity contribution is 0.396. The molecule has 0 aromatic carbocycles. The van der Waals surface area contributed by atoms with Crippen LogP contribution in [0, 0.1) is 0 Å². The summed E-state index contributed by atoms with van der Waals surface area (Å²) in [5.41, 5.74) is 0.751. The molecular formula is C10H17N5O. The molecule has 0 radical (unpaired) electrons. The van der Waals surface area contributed by atoms with Gasteiger partial charge in [0.15, 0.2) is 5.65 Å². The Morgan fingerprint density at radius 1 is 1.31 bits per heavy atom. The highest BCUT2D eigenvalue weighted by atomic mass is 16.5. The van der Waals surface area contributed by atoms with Crippen molar-refractivity contribution in [3.8, 4) is 5.88 Å². The normalized spacial score (nSPS) is 9.56. The van der Waals surface area contributed by atoms with E-state index < -0.39 is 0 Å². The molecule has 0 saturated carbocycles. The first-order valence-corrected chi connectivity index (χ1v) is 5.17. The number of aryl methyl sites for hydroxylation is 1. The minimum atomic E-state index is 0.535. The van der Waals surface area contributed by atoms with Gasteiger partial charge in [-0.3, -0.25) is 0 Å². The summed E-state index contributed by atoms with van der Waals surface area (Å²) < 4.78 is 6.80. The van der Waals surface area contributed by atoms with Crippen molar-refractivity contribution in [2.45, 2.75) is 13.8 Å². The maximum Gasteiger partial charge on any atom is 0.246 e. The van der Waals surface area contributed by atoms with Gasteiger partial charge >= 0.3 is 0 Å². The number of nitrogens with one attached hydrogen (secondary N) is 1. The largest absolute Gasteiger partial charge is 0.479 e. The highest BCUT2D eigenvalue weighted by Gasteiger charge is 2.14. The van der Waals surface area contributed by atoms with E-state index in [1.54, 1.807) is 18.8 Å². The van der Waals surface area contributed by atoms with Crippen LogP contribution in [-0.4, -0.2) is 33.9 Å². The van der Waals surface area contributed by atoms with Gasteiger partial charge in [-0.1, -0.05) is 13.8 Å². The van der Waals surface area contributed by atoms with Gasteiger partial charge in [-0.05, 0) is 0 Å². The maximum absolute atomic E-state index is 5.14. The molecule has 16 heavy (non-hydrogen) atoms. The van der Waals surface area contributed by atoms with Crippen LogP contribution in [0.1, 0.15) is 13.8 Å². The van der Waals surface area contributed by atoms with Crippen LogP contribution in [0.3, 0.4) is 0 Å². The fourth-order valence-corrected chi connectivity index (χ4v) is 1.38. The third-order valence-electron chi connectivity index (χ3n) is 2.02. The van der Waals surface area contributed by atoms with Gasteiger partial charge in [0.2, 0.25) is 5.88 Å². The van der Waals surface area contributed by atoms with Gasteiger partial charge in [-0.25, -0.2) is 14.6 Å². The van der Waals surface area contributed by atoms with Crippen LogP contribution >= 0.6 is 0 Å². The maximum atomic E-state index is 5.14. The number of nitrogens with zero attached hydrogens (tertiary/aromatic N) is 4. The lowest BCUT2D eigenvalue weighted by Gasteiger charge is -2.00. The number of aromatic nitrogens is 4. The van der Waals surface area contributed by atoms with E-state index in [1.165, 1.54) is 6.33 Å². The molecule has 0 aliphatic rings. The van der Waals surface area contributed by atoms with E-state index in [4.69, 9.17) is 4.74 Å². The number of hydrogen-bond acceptors (Lipinski definition) is 5. The van der Waals surface area contributed by atoms with Gasteiger partial charge in [-0.2, -0.15) is 0 Å². The Kier molecular flexibility index (Phi) is 4.04. The first-order chi connectivity index (χ1) is 7.77. The van der Waals surface area contributed by atoms with Crippen LogP contribution in [-0.2, 0) is 7.05 Å². The molecule has 6 nitrogen and oxygen atoms in total. The molecule has 0 unspecified atom stereocenters. The quantitative estimate of drug-likeness (QED) is 0.834. The Bertz CT molecular complexity index is 465. The van der Waals surface area contributed by atoms with Crippen molar-refractivity contribution in [3.63, 3.8) is 0 Å². The summed E-state index contributed by atoms with van der Waals surface area (Å²) in [6.07, 6.45) is 1.50. The van der Waals surface area contributed by atoms with E-state index in [0.717, 1.165) is 16.9 Å². The molecule has 88 valence electrons. The lowest BCUT2D eigenvalue weighted by Crippen LogP contribution is -1.96. The zero-order valence-corrected chi connectivity index (χ0v) is 10.3. The molecule has 0 aliphatic carbocycles. The summed E-state index contributed by atoms with van der Waals surface area (Å²) in [6, 6.07) is 0. The van der Waals surface area contributed by atoms with Crippen LogP contribution in [0.4, 0.5) is 5.82 Å². The van der Waals surface area contributed by atoms with Gasteiger partial charge in [0.25, 0.3) is 0 Å². The number of methoxy groups -OCH3 is 1. The van der Waals surface area contributed by atoms with Gasteiger partial charge < -0.3 is 10.1 Å². The Morgan fingerprint density at radius 2 is 2.00 bits per heavy atom. The minimum absolute atomic E-state index is 0.535. The third kappa shape index (κ3) is 1.91. The molecule has 2 heterocycles. The molecule has 0 spiro atoms. The zero-order valence-electron chi connectivity index (χ0n) is 10.3. The predicted molar refractivity (Wildman–Crippen MR) is 63.8 cm³/mol. The molecule has 2 rings (SSSR count). The number of anilines is 1. The van der Waals surface area contributed by atoms with Crippen molar-refractivity contribution in [1.82, 2.24) is 19.7 Å². The van der Waals surface area contributed by atoms with E-state index in [0.29, 0.717) is 5.88 Å². The molecule has 2 aromatic rings. The Labute approximate surface area is 94.7 Å². The Balaban J connectivity index is 0.000000606. The van der Waals surface area contributed by atoms with Crippen LogP contribution < -0.4 is 10.1 Å². The van der Waals surface area contributed by atoms with E-state index in [-0.39, 0.29) is 0 Å². The van der Waals surface area contributed by atoms with Crippen molar-refractivity contribution in [2.75, 3.05) is 19.5 Å². The average Bonchev–Trinajstić information content (AvgIpc) is 2.69. The zero-order chi connectivity index (χ0) is 12.1. The fraction of sp³-hybridized carbons (Fsp3) is 0.500. The van der Waals surface area contributed by atoms with Crippen LogP contribution in [0.5, 0.6) is 5.88 Å². The molecule has 0 atom stereocenters. The third-order valence-corrected chi connectivity index (χ3v) is 2.02. The van der Waals surface area contributed by atoms with E-state index >= 15 is 0 Å². The summed E-state index contributed by atoms with van der Waals surface area (Å²) in [6.45, 7) is 4.00. The summed E-state index contributed by atoms with van der Waals surface area (Å²) in [4.78, 5) is 8.22. The Hall–Kier alpha value is -1.85. The molecule has 0 aliphatic heterocycles. The van der Waals surface area contributed by atoms with Gasteiger partial charge in [0, 0.05) is 14.1 Å². The van der Waals surface area contributed by atoms with Gasteiger partial charge in [0.05, 0.1) is 7.11 Å². The number of fused-ring (bicyclic) bond motifs is 1. The van der Waals surface area contributed by atoms with Crippen LogP contribution in [0.25, 0.3) is 11.0 Å². The predicted octanol–water partition coefficient (Wildman–Crippen LogP) is 1.44. The highest BCUT2D eigenvalue weighted by molar-refractivity contribution is 5.91. The van der Waals surface area contributed by atoms with Gasteiger partial charge in [0.1, 0.15) is 17.5 Å². The topological polar surface area (TPSA) is 64.9 Å². The summed E-state index contributed by atoms with van der Waals surface area (Å²) in [5.74, 6) is 1.26. The number of hydrogen-bond donors (Lipinski definition) is 1. The first-order valence-electron chi connectivity index (χ1n) is 5.17. The second-order valence-corrected chi connectivity index (χ2v) is 2.80. The minimum Gasteiger partial charge on any atom is -0.479 e. The lowest BCUT2D eigenvalue weighted by atomic mass is 10.4. The molecule has 6 heteroatoms. The van der Waals surface area contributed by atoms with E-state index in [9.17, 15) is 0 Å². The summed E-state index contributed by atoms with van der Waals surface area (Å²) >= 11 is 0. The molecule has 1 N–H and O–H groups in total. The number of rotatable bonds is 2. The monoisotopic (exact) mass is 223 g/mol. The Morgan fingerprint density at radius 3 is 2.56 bits per heavy atom. The molecule has 0 bridgehead atoms. The van der Waals surface area contributed by atoms with Crippen molar-refractivity contribution in [3.05, 3.63) is 6.33 Å². The van der Waals surface area contributed by atoms with E-state index in [2.05, 4.69) is 20.4 Å². The number of ether oxygens (including phenoxy) is 1. The first kappa shape index (κ1) is 12.2. The molecule has 0 amide bonds. The molecule has 2 aromatic heterocycles.